The van der Waals surface area contributed by atoms with E-state index in [0.717, 1.165) is 19.3 Å². The molecule has 0 aliphatic heterocycles. The minimum atomic E-state index is -0.175. The van der Waals surface area contributed by atoms with Crippen LogP contribution in [0.15, 0.2) is 0 Å². The van der Waals surface area contributed by atoms with Gasteiger partial charge in [-0.3, -0.25) is 9.59 Å². The van der Waals surface area contributed by atoms with E-state index in [1.165, 1.54) is 57.8 Å². The summed E-state index contributed by atoms with van der Waals surface area (Å²) in [6.07, 6.45) is 17.7. The highest BCUT2D eigenvalue weighted by Gasteiger charge is 1.95. The Labute approximate surface area is 118 Å². The van der Waals surface area contributed by atoms with Crippen molar-refractivity contribution in [3.8, 4) is 0 Å². The van der Waals surface area contributed by atoms with Gasteiger partial charge in [-0.15, -0.1) is 0 Å². The fraction of sp³-hybridized carbons (Fsp3) is 0.875. The molecule has 0 saturated carbocycles. The molecule has 3 nitrogen and oxygen atoms in total. The first-order chi connectivity index (χ1) is 9.27. The van der Waals surface area contributed by atoms with Crippen LogP contribution in [0.5, 0.6) is 0 Å². The molecule has 111 valence electrons. The molecule has 0 heterocycles. The molecular weight excluding hydrogens is 238 g/mol. The van der Waals surface area contributed by atoms with Crippen molar-refractivity contribution < 1.29 is 9.59 Å². The highest BCUT2D eigenvalue weighted by Crippen LogP contribution is 2.12. The van der Waals surface area contributed by atoms with Crippen molar-refractivity contribution >= 4 is 12.2 Å². The Morgan fingerprint density at radius 3 is 1.42 bits per heavy atom. The summed E-state index contributed by atoms with van der Waals surface area (Å²) in [6, 6.07) is 0. The van der Waals surface area contributed by atoms with Gasteiger partial charge in [0, 0.05) is 12.8 Å². The predicted octanol–water partition coefficient (Wildman–Crippen LogP) is 4.04. The molecule has 0 aromatic heterocycles. The fourth-order valence-electron chi connectivity index (χ4n) is 2.26. The molecule has 1 amide bonds. The van der Waals surface area contributed by atoms with Crippen molar-refractivity contribution in [2.45, 2.75) is 89.9 Å². The normalized spacial score (nSPS) is 10.5. The molecule has 3 heteroatoms. The number of rotatable bonds is 15. The summed E-state index contributed by atoms with van der Waals surface area (Å²) in [7, 11) is 0. The molecule has 19 heavy (non-hydrogen) atoms. The van der Waals surface area contributed by atoms with Crippen molar-refractivity contribution in [1.29, 1.82) is 0 Å². The van der Waals surface area contributed by atoms with Crippen LogP contribution < -0.4 is 5.73 Å². The van der Waals surface area contributed by atoms with E-state index in [4.69, 9.17) is 5.73 Å². The fourth-order valence-corrected chi connectivity index (χ4v) is 2.26. The predicted molar refractivity (Wildman–Crippen MR) is 79.5 cm³/mol. The highest BCUT2D eigenvalue weighted by molar-refractivity contribution is 5.73. The third-order valence-electron chi connectivity index (χ3n) is 3.45. The van der Waals surface area contributed by atoms with E-state index in [-0.39, 0.29) is 5.91 Å². The Morgan fingerprint density at radius 2 is 1.05 bits per heavy atom. The van der Waals surface area contributed by atoms with E-state index in [0.29, 0.717) is 12.8 Å². The average molecular weight is 268 g/mol. The van der Waals surface area contributed by atoms with Gasteiger partial charge in [0.05, 0.1) is 0 Å². The minimum Gasteiger partial charge on any atom is -0.370 e. The number of hydrogen-bond acceptors (Lipinski definition) is 2. The maximum absolute atomic E-state index is 10.5. The SMILES string of the molecule is NC(=O)CCCCCCCCCCCCCC[C]=O. The van der Waals surface area contributed by atoms with Crippen LogP contribution >= 0.6 is 0 Å². The van der Waals surface area contributed by atoms with Crippen molar-refractivity contribution in [3.05, 3.63) is 0 Å². The maximum atomic E-state index is 10.5. The molecule has 1 radical (unpaired) electrons. The summed E-state index contributed by atoms with van der Waals surface area (Å²) in [4.78, 5) is 20.5. The zero-order valence-corrected chi connectivity index (χ0v) is 12.3. The van der Waals surface area contributed by atoms with E-state index in [1.807, 2.05) is 6.29 Å². The summed E-state index contributed by atoms with van der Waals surface area (Å²) in [5.41, 5.74) is 5.08. The van der Waals surface area contributed by atoms with Gasteiger partial charge in [-0.05, 0) is 12.8 Å². The van der Waals surface area contributed by atoms with Crippen LogP contribution in [0.1, 0.15) is 89.9 Å². The second kappa shape index (κ2) is 15.2. The summed E-state index contributed by atoms with van der Waals surface area (Å²) in [6.45, 7) is 0. The molecule has 0 aromatic rings. The lowest BCUT2D eigenvalue weighted by Crippen LogP contribution is -2.09. The van der Waals surface area contributed by atoms with E-state index < -0.39 is 0 Å². The molecular formula is C16H30NO2. The number of nitrogens with two attached hydrogens (primary N) is 1. The molecule has 0 aliphatic rings. The minimum absolute atomic E-state index is 0.175. The molecule has 0 saturated heterocycles. The largest absolute Gasteiger partial charge is 0.370 e. The number of primary amides is 1. The molecule has 0 spiro atoms. The Morgan fingerprint density at radius 1 is 0.684 bits per heavy atom. The molecule has 0 bridgehead atoms. The Kier molecular flexibility index (Phi) is 14.5. The van der Waals surface area contributed by atoms with Crippen molar-refractivity contribution in [2.24, 2.45) is 5.73 Å². The molecule has 0 unspecified atom stereocenters. The van der Waals surface area contributed by atoms with Crippen LogP contribution in [-0.2, 0) is 9.59 Å². The van der Waals surface area contributed by atoms with Gasteiger partial charge >= 0.3 is 0 Å². The summed E-state index contributed by atoms with van der Waals surface area (Å²) in [5.74, 6) is -0.175. The van der Waals surface area contributed by atoms with Crippen LogP contribution in [0, 0.1) is 0 Å². The lowest BCUT2D eigenvalue weighted by molar-refractivity contribution is -0.118. The van der Waals surface area contributed by atoms with Gasteiger partial charge in [0.15, 0.2) is 6.29 Å². The second-order valence-corrected chi connectivity index (χ2v) is 5.35. The van der Waals surface area contributed by atoms with Crippen molar-refractivity contribution in [3.63, 3.8) is 0 Å². The Bertz CT molecular complexity index is 217. The van der Waals surface area contributed by atoms with E-state index in [1.54, 1.807) is 0 Å². The highest BCUT2D eigenvalue weighted by atomic mass is 16.1. The maximum Gasteiger partial charge on any atom is 0.217 e. The quantitative estimate of drug-likeness (QED) is 0.456. The lowest BCUT2D eigenvalue weighted by Gasteiger charge is -2.02. The van der Waals surface area contributed by atoms with Crippen molar-refractivity contribution in [2.75, 3.05) is 0 Å². The third kappa shape index (κ3) is 17.1. The summed E-state index contributed by atoms with van der Waals surface area (Å²) in [5, 5.41) is 0. The monoisotopic (exact) mass is 268 g/mol. The van der Waals surface area contributed by atoms with Crippen LogP contribution in [0.4, 0.5) is 0 Å². The van der Waals surface area contributed by atoms with Crippen LogP contribution in [-0.4, -0.2) is 12.2 Å². The van der Waals surface area contributed by atoms with Crippen LogP contribution in [0.25, 0.3) is 0 Å². The number of carbonyl (C=O) groups is 1. The van der Waals surface area contributed by atoms with Crippen LogP contribution in [0.3, 0.4) is 0 Å². The van der Waals surface area contributed by atoms with E-state index >= 15 is 0 Å². The first-order valence-corrected chi connectivity index (χ1v) is 7.90. The summed E-state index contributed by atoms with van der Waals surface area (Å²) >= 11 is 0. The van der Waals surface area contributed by atoms with E-state index in [9.17, 15) is 9.59 Å². The standard InChI is InChI=1S/C16H30NO2/c17-16(19)14-12-10-8-6-4-2-1-3-5-7-9-11-13-15-18/h1-14H2,(H2,17,19). The topological polar surface area (TPSA) is 60.2 Å². The number of amides is 1. The summed E-state index contributed by atoms with van der Waals surface area (Å²) < 4.78 is 0. The van der Waals surface area contributed by atoms with E-state index in [2.05, 4.69) is 0 Å². The molecule has 2 N–H and O–H groups in total. The van der Waals surface area contributed by atoms with Gasteiger partial charge in [-0.25, -0.2) is 0 Å². The second-order valence-electron chi connectivity index (χ2n) is 5.35. The zero-order valence-electron chi connectivity index (χ0n) is 12.3. The first-order valence-electron chi connectivity index (χ1n) is 7.90. The van der Waals surface area contributed by atoms with Crippen LogP contribution in [0.2, 0.25) is 0 Å². The van der Waals surface area contributed by atoms with Crippen molar-refractivity contribution in [1.82, 2.24) is 0 Å². The van der Waals surface area contributed by atoms with Gasteiger partial charge in [0.1, 0.15) is 0 Å². The van der Waals surface area contributed by atoms with Gasteiger partial charge in [0.25, 0.3) is 0 Å². The third-order valence-corrected chi connectivity index (χ3v) is 3.45. The van der Waals surface area contributed by atoms with Gasteiger partial charge in [0.2, 0.25) is 5.91 Å². The number of carbonyl (C=O) groups excluding carboxylic acids is 2. The first kappa shape index (κ1) is 18.1. The lowest BCUT2D eigenvalue weighted by atomic mass is 10.0. The zero-order chi connectivity index (χ0) is 14.2. The Balaban J connectivity index is 2.95. The Hall–Kier alpha value is -0.860. The molecule has 0 fully saturated rings. The van der Waals surface area contributed by atoms with Gasteiger partial charge in [-0.2, -0.15) is 0 Å². The molecule has 0 atom stereocenters. The molecule has 0 rings (SSSR count). The molecule has 0 aliphatic carbocycles. The number of hydrogen-bond donors (Lipinski definition) is 1. The smallest absolute Gasteiger partial charge is 0.217 e. The average Bonchev–Trinajstić information content (AvgIpc) is 2.39. The van der Waals surface area contributed by atoms with Gasteiger partial charge < -0.3 is 5.73 Å². The van der Waals surface area contributed by atoms with Gasteiger partial charge in [-0.1, -0.05) is 64.2 Å². The molecule has 0 aromatic carbocycles. The number of unbranched alkanes of at least 4 members (excludes halogenated alkanes) is 12.